The summed E-state index contributed by atoms with van der Waals surface area (Å²) in [5.41, 5.74) is 7.99. The van der Waals surface area contributed by atoms with Crippen LogP contribution in [0.3, 0.4) is 0 Å². The minimum absolute atomic E-state index is 0. The summed E-state index contributed by atoms with van der Waals surface area (Å²) in [4.78, 5) is 18.6. The molecule has 1 aliphatic heterocycles. The van der Waals surface area contributed by atoms with Crippen molar-refractivity contribution in [2.24, 2.45) is 16.6 Å². The number of hydrogen-bond donors (Lipinski definition) is 3. The molecule has 2 fully saturated rings. The Morgan fingerprint density at radius 1 is 1.21 bits per heavy atom. The molecule has 0 radical (unpaired) electrons. The van der Waals surface area contributed by atoms with Gasteiger partial charge in [0.15, 0.2) is 5.96 Å². The highest BCUT2D eigenvalue weighted by Gasteiger charge is 2.23. The average Bonchev–Trinajstić information content (AvgIpc) is 3.20. The lowest BCUT2D eigenvalue weighted by atomic mass is 9.97. The maximum atomic E-state index is 11.5. The van der Waals surface area contributed by atoms with Gasteiger partial charge < -0.3 is 16.4 Å². The van der Waals surface area contributed by atoms with E-state index >= 15 is 0 Å². The third-order valence-corrected chi connectivity index (χ3v) is 5.77. The minimum atomic E-state index is -0.168. The number of primary amides is 1. The summed E-state index contributed by atoms with van der Waals surface area (Å²) in [7, 11) is 0. The Kier molecular flexibility index (Phi) is 10.2. The molecule has 2 aliphatic rings. The van der Waals surface area contributed by atoms with Crippen LogP contribution in [0.5, 0.6) is 0 Å². The highest BCUT2D eigenvalue weighted by Crippen LogP contribution is 2.19. The van der Waals surface area contributed by atoms with Crippen LogP contribution in [0.1, 0.15) is 56.6 Å². The maximum absolute atomic E-state index is 11.5. The Morgan fingerprint density at radius 3 is 2.69 bits per heavy atom. The van der Waals surface area contributed by atoms with Gasteiger partial charge in [0, 0.05) is 25.7 Å². The SMILES string of the molecule is CCNC(=NCc1cccc(CN2CCCC(C(N)=O)C2)c1)NC1CCCC1.I. The first-order valence-corrected chi connectivity index (χ1v) is 10.8. The molecule has 1 aliphatic carbocycles. The molecule has 1 saturated heterocycles. The standard InChI is InChI=1S/C22H35N5O.HI/c1-2-24-22(26-20-10-3-4-11-20)25-14-17-7-5-8-18(13-17)15-27-12-6-9-19(16-27)21(23)28;/h5,7-8,13,19-20H,2-4,6,9-12,14-16H2,1H3,(H2,23,28)(H2,24,25,26);1H. The number of carbonyl (C=O) groups excluding carboxylic acids is 1. The number of benzene rings is 1. The van der Waals surface area contributed by atoms with Crippen molar-refractivity contribution in [3.8, 4) is 0 Å². The Bertz CT molecular complexity index is 675. The molecule has 29 heavy (non-hydrogen) atoms. The van der Waals surface area contributed by atoms with Crippen LogP contribution in [0.15, 0.2) is 29.3 Å². The summed E-state index contributed by atoms with van der Waals surface area (Å²) < 4.78 is 0. The number of carbonyl (C=O) groups is 1. The molecule has 4 N–H and O–H groups in total. The number of halogens is 1. The van der Waals surface area contributed by atoms with E-state index in [1.165, 1.54) is 36.8 Å². The van der Waals surface area contributed by atoms with Gasteiger partial charge in [-0.3, -0.25) is 9.69 Å². The lowest BCUT2D eigenvalue weighted by Gasteiger charge is -2.31. The van der Waals surface area contributed by atoms with Crippen LogP contribution in [0.25, 0.3) is 0 Å². The molecule has 1 unspecified atom stereocenters. The number of guanidine groups is 1. The van der Waals surface area contributed by atoms with Crippen molar-refractivity contribution in [1.29, 1.82) is 0 Å². The number of likely N-dealkylation sites (tertiary alicyclic amines) is 1. The Morgan fingerprint density at radius 2 is 1.97 bits per heavy atom. The zero-order valence-corrected chi connectivity index (χ0v) is 19.9. The first-order valence-electron chi connectivity index (χ1n) is 10.8. The van der Waals surface area contributed by atoms with Crippen LogP contribution in [0.4, 0.5) is 0 Å². The molecular formula is C22H36IN5O. The molecule has 0 aromatic heterocycles. The van der Waals surface area contributed by atoms with Crippen molar-refractivity contribution in [2.75, 3.05) is 19.6 Å². The normalized spacial score (nSPS) is 20.9. The molecule has 1 saturated carbocycles. The van der Waals surface area contributed by atoms with Crippen LogP contribution in [-0.2, 0) is 17.9 Å². The van der Waals surface area contributed by atoms with E-state index in [-0.39, 0.29) is 35.8 Å². The summed E-state index contributed by atoms with van der Waals surface area (Å²) >= 11 is 0. The Balaban J connectivity index is 0.00000300. The number of aliphatic imine (C=N–C) groups is 1. The van der Waals surface area contributed by atoms with Gasteiger partial charge in [-0.05, 0) is 50.3 Å². The zero-order chi connectivity index (χ0) is 19.8. The topological polar surface area (TPSA) is 82.8 Å². The van der Waals surface area contributed by atoms with Gasteiger partial charge in [0.25, 0.3) is 0 Å². The molecule has 1 heterocycles. The Labute approximate surface area is 192 Å². The van der Waals surface area contributed by atoms with Gasteiger partial charge in [0.2, 0.25) is 5.91 Å². The summed E-state index contributed by atoms with van der Waals surface area (Å²) in [6.45, 7) is 6.30. The second-order valence-corrected chi connectivity index (χ2v) is 8.12. The number of nitrogens with two attached hydrogens (primary N) is 1. The number of hydrogen-bond acceptors (Lipinski definition) is 3. The van der Waals surface area contributed by atoms with Crippen LogP contribution in [0, 0.1) is 5.92 Å². The molecular weight excluding hydrogens is 477 g/mol. The van der Waals surface area contributed by atoms with Crippen molar-refractivity contribution >= 4 is 35.8 Å². The molecule has 7 heteroatoms. The van der Waals surface area contributed by atoms with Gasteiger partial charge >= 0.3 is 0 Å². The second-order valence-electron chi connectivity index (χ2n) is 8.12. The van der Waals surface area contributed by atoms with Gasteiger partial charge in [-0.2, -0.15) is 0 Å². The highest BCUT2D eigenvalue weighted by atomic mass is 127. The van der Waals surface area contributed by atoms with Crippen LogP contribution < -0.4 is 16.4 Å². The van der Waals surface area contributed by atoms with Gasteiger partial charge in [0.1, 0.15) is 0 Å². The number of nitrogens with zero attached hydrogens (tertiary/aromatic N) is 2. The molecule has 1 aromatic carbocycles. The fourth-order valence-corrected chi connectivity index (χ4v) is 4.27. The smallest absolute Gasteiger partial charge is 0.221 e. The first kappa shape index (κ1) is 23.9. The number of nitrogens with one attached hydrogen (secondary N) is 2. The van der Waals surface area contributed by atoms with E-state index in [2.05, 4.69) is 46.7 Å². The van der Waals surface area contributed by atoms with Crippen molar-refractivity contribution in [3.05, 3.63) is 35.4 Å². The van der Waals surface area contributed by atoms with Gasteiger partial charge in [-0.1, -0.05) is 37.1 Å². The van der Waals surface area contributed by atoms with E-state index in [1.54, 1.807) is 0 Å². The van der Waals surface area contributed by atoms with E-state index in [0.717, 1.165) is 45.0 Å². The number of piperidine rings is 1. The van der Waals surface area contributed by atoms with Crippen LogP contribution in [0.2, 0.25) is 0 Å². The zero-order valence-electron chi connectivity index (χ0n) is 17.5. The second kappa shape index (κ2) is 12.4. The van der Waals surface area contributed by atoms with Crippen molar-refractivity contribution in [1.82, 2.24) is 15.5 Å². The van der Waals surface area contributed by atoms with Crippen molar-refractivity contribution in [2.45, 2.75) is 64.6 Å². The van der Waals surface area contributed by atoms with Crippen LogP contribution >= 0.6 is 24.0 Å². The summed E-state index contributed by atoms with van der Waals surface area (Å²) in [6.07, 6.45) is 7.06. The average molecular weight is 513 g/mol. The van der Waals surface area contributed by atoms with Crippen molar-refractivity contribution in [3.63, 3.8) is 0 Å². The minimum Gasteiger partial charge on any atom is -0.369 e. The predicted molar refractivity (Wildman–Crippen MR) is 129 cm³/mol. The third kappa shape index (κ3) is 7.77. The summed E-state index contributed by atoms with van der Waals surface area (Å²) in [5, 5.41) is 6.93. The molecule has 1 atom stereocenters. The third-order valence-electron chi connectivity index (χ3n) is 5.77. The lowest BCUT2D eigenvalue weighted by Crippen LogP contribution is -2.42. The number of amides is 1. The monoisotopic (exact) mass is 513 g/mol. The summed E-state index contributed by atoms with van der Waals surface area (Å²) in [5.74, 6) is 0.740. The molecule has 6 nitrogen and oxygen atoms in total. The largest absolute Gasteiger partial charge is 0.369 e. The highest BCUT2D eigenvalue weighted by molar-refractivity contribution is 14.0. The van der Waals surface area contributed by atoms with Gasteiger partial charge in [-0.15, -0.1) is 24.0 Å². The quantitative estimate of drug-likeness (QED) is 0.298. The van der Waals surface area contributed by atoms with Crippen molar-refractivity contribution < 1.29 is 4.79 Å². The number of rotatable bonds is 7. The van der Waals surface area contributed by atoms with Crippen LogP contribution in [-0.4, -0.2) is 42.4 Å². The molecule has 1 aromatic rings. The Hall–Kier alpha value is -1.35. The molecule has 162 valence electrons. The van der Waals surface area contributed by atoms with E-state index < -0.39 is 0 Å². The predicted octanol–water partition coefficient (Wildman–Crippen LogP) is 3.00. The van der Waals surface area contributed by atoms with E-state index in [4.69, 9.17) is 10.7 Å². The summed E-state index contributed by atoms with van der Waals surface area (Å²) in [6, 6.07) is 9.18. The van der Waals surface area contributed by atoms with E-state index in [9.17, 15) is 4.79 Å². The van der Waals surface area contributed by atoms with Gasteiger partial charge in [0.05, 0.1) is 12.5 Å². The fraction of sp³-hybridized carbons (Fsp3) is 0.636. The fourth-order valence-electron chi connectivity index (χ4n) is 4.27. The molecule has 3 rings (SSSR count). The molecule has 1 amide bonds. The van der Waals surface area contributed by atoms with E-state index in [1.807, 2.05) is 0 Å². The van der Waals surface area contributed by atoms with Gasteiger partial charge in [-0.25, -0.2) is 4.99 Å². The molecule has 0 spiro atoms. The lowest BCUT2D eigenvalue weighted by molar-refractivity contribution is -0.123. The maximum Gasteiger partial charge on any atom is 0.221 e. The van der Waals surface area contributed by atoms with E-state index in [0.29, 0.717) is 12.6 Å². The molecule has 0 bridgehead atoms. The first-order chi connectivity index (χ1) is 13.6.